The van der Waals surface area contributed by atoms with Gasteiger partial charge in [-0.25, -0.2) is 4.39 Å². The SMILES string of the molecule is Cc1cc(F)ccc1NC1=NCC(C)S1. The normalized spacial score (nSPS) is 20.2. The molecule has 1 aliphatic heterocycles. The monoisotopic (exact) mass is 224 g/mol. The number of thioether (sulfide) groups is 1. The van der Waals surface area contributed by atoms with E-state index in [1.54, 1.807) is 17.8 Å². The molecule has 1 atom stereocenters. The topological polar surface area (TPSA) is 24.4 Å². The molecule has 1 heterocycles. The zero-order valence-corrected chi connectivity index (χ0v) is 9.57. The number of hydrogen-bond acceptors (Lipinski definition) is 3. The van der Waals surface area contributed by atoms with E-state index in [4.69, 9.17) is 0 Å². The van der Waals surface area contributed by atoms with E-state index in [-0.39, 0.29) is 5.82 Å². The minimum atomic E-state index is -0.201. The summed E-state index contributed by atoms with van der Waals surface area (Å²) in [6.07, 6.45) is 0. The third-order valence-corrected chi connectivity index (χ3v) is 3.24. The summed E-state index contributed by atoms with van der Waals surface area (Å²) in [4.78, 5) is 4.35. The van der Waals surface area contributed by atoms with Gasteiger partial charge in [0, 0.05) is 10.9 Å². The molecule has 2 nitrogen and oxygen atoms in total. The Morgan fingerprint density at radius 3 is 2.93 bits per heavy atom. The molecule has 4 heteroatoms. The largest absolute Gasteiger partial charge is 0.335 e. The third-order valence-electron chi connectivity index (χ3n) is 2.23. The number of halogens is 1. The van der Waals surface area contributed by atoms with Crippen molar-refractivity contribution in [2.24, 2.45) is 4.99 Å². The molecule has 1 unspecified atom stereocenters. The fourth-order valence-electron chi connectivity index (χ4n) is 1.43. The van der Waals surface area contributed by atoms with E-state index >= 15 is 0 Å². The van der Waals surface area contributed by atoms with Crippen LogP contribution in [0.2, 0.25) is 0 Å². The van der Waals surface area contributed by atoms with Crippen molar-refractivity contribution in [2.75, 3.05) is 11.9 Å². The first-order chi connectivity index (χ1) is 7.15. The second-order valence-corrected chi connectivity index (χ2v) is 5.09. The molecule has 80 valence electrons. The van der Waals surface area contributed by atoms with Crippen LogP contribution in [0.25, 0.3) is 0 Å². The maximum Gasteiger partial charge on any atom is 0.161 e. The van der Waals surface area contributed by atoms with Crippen molar-refractivity contribution in [1.82, 2.24) is 0 Å². The predicted molar refractivity (Wildman–Crippen MR) is 64.1 cm³/mol. The molecule has 1 aliphatic rings. The summed E-state index contributed by atoms with van der Waals surface area (Å²) in [5, 5.41) is 4.68. The smallest absolute Gasteiger partial charge is 0.161 e. The number of hydrogen-bond donors (Lipinski definition) is 1. The second-order valence-electron chi connectivity index (χ2n) is 3.66. The molecule has 0 fully saturated rings. The maximum atomic E-state index is 12.9. The molecule has 2 rings (SSSR count). The van der Waals surface area contributed by atoms with Gasteiger partial charge in [-0.3, -0.25) is 4.99 Å². The highest BCUT2D eigenvalue weighted by Gasteiger charge is 2.15. The van der Waals surface area contributed by atoms with Gasteiger partial charge in [-0.2, -0.15) is 0 Å². The quantitative estimate of drug-likeness (QED) is 0.793. The molecule has 1 aromatic carbocycles. The van der Waals surface area contributed by atoms with E-state index in [0.29, 0.717) is 5.25 Å². The Morgan fingerprint density at radius 2 is 2.33 bits per heavy atom. The molecule has 15 heavy (non-hydrogen) atoms. The van der Waals surface area contributed by atoms with Gasteiger partial charge in [0.1, 0.15) is 5.82 Å². The lowest BCUT2D eigenvalue weighted by molar-refractivity contribution is 0.627. The zero-order chi connectivity index (χ0) is 10.8. The summed E-state index contributed by atoms with van der Waals surface area (Å²) in [7, 11) is 0. The van der Waals surface area contributed by atoms with Crippen LogP contribution in [0.1, 0.15) is 12.5 Å². The highest BCUT2D eigenvalue weighted by Crippen LogP contribution is 2.23. The zero-order valence-electron chi connectivity index (χ0n) is 8.75. The maximum absolute atomic E-state index is 12.9. The van der Waals surface area contributed by atoms with E-state index in [1.807, 2.05) is 6.92 Å². The average molecular weight is 224 g/mol. The Hall–Kier alpha value is -1.03. The lowest BCUT2D eigenvalue weighted by Gasteiger charge is -2.08. The van der Waals surface area contributed by atoms with Gasteiger partial charge < -0.3 is 5.32 Å². The minimum Gasteiger partial charge on any atom is -0.335 e. The van der Waals surface area contributed by atoms with E-state index in [9.17, 15) is 4.39 Å². The van der Waals surface area contributed by atoms with Gasteiger partial charge in [-0.1, -0.05) is 18.7 Å². The first-order valence-corrected chi connectivity index (χ1v) is 5.77. The lowest BCUT2D eigenvalue weighted by atomic mass is 10.2. The van der Waals surface area contributed by atoms with Crippen LogP contribution < -0.4 is 5.32 Å². The lowest BCUT2D eigenvalue weighted by Crippen LogP contribution is -2.07. The van der Waals surface area contributed by atoms with Crippen molar-refractivity contribution in [1.29, 1.82) is 0 Å². The van der Waals surface area contributed by atoms with Crippen molar-refractivity contribution in [2.45, 2.75) is 19.1 Å². The Labute approximate surface area is 93.0 Å². The fourth-order valence-corrected chi connectivity index (χ4v) is 2.28. The Bertz CT molecular complexity index is 404. The number of aliphatic imine (C=N–C) groups is 1. The standard InChI is InChI=1S/C11H13FN2S/c1-7-5-9(12)3-4-10(7)14-11-13-6-8(2)15-11/h3-5,8H,6H2,1-2H3,(H,13,14). The van der Waals surface area contributed by atoms with E-state index in [0.717, 1.165) is 23.0 Å². The molecule has 0 bridgehead atoms. The molecule has 1 N–H and O–H groups in total. The first kappa shape index (κ1) is 10.5. The van der Waals surface area contributed by atoms with Crippen LogP contribution >= 0.6 is 11.8 Å². The third kappa shape index (κ3) is 2.50. The van der Waals surface area contributed by atoms with Crippen molar-refractivity contribution in [3.8, 4) is 0 Å². The van der Waals surface area contributed by atoms with Crippen LogP contribution in [0.15, 0.2) is 23.2 Å². The molecular weight excluding hydrogens is 211 g/mol. The number of nitrogens with one attached hydrogen (secondary N) is 1. The summed E-state index contributed by atoms with van der Waals surface area (Å²) < 4.78 is 12.9. The summed E-state index contributed by atoms with van der Waals surface area (Å²) in [5.41, 5.74) is 1.83. The van der Waals surface area contributed by atoms with Gasteiger partial charge in [0.15, 0.2) is 5.17 Å². The van der Waals surface area contributed by atoms with E-state index < -0.39 is 0 Å². The van der Waals surface area contributed by atoms with Gasteiger partial charge in [-0.15, -0.1) is 0 Å². The molecular formula is C11H13FN2S. The van der Waals surface area contributed by atoms with Crippen molar-refractivity contribution < 1.29 is 4.39 Å². The predicted octanol–water partition coefficient (Wildman–Crippen LogP) is 3.04. The summed E-state index contributed by atoms with van der Waals surface area (Å²) in [6, 6.07) is 4.72. The average Bonchev–Trinajstić information content (AvgIpc) is 2.56. The summed E-state index contributed by atoms with van der Waals surface area (Å²) in [6.45, 7) is 4.88. The molecule has 1 aromatic rings. The molecule has 0 aliphatic carbocycles. The molecule has 0 aromatic heterocycles. The molecule has 0 saturated carbocycles. The van der Waals surface area contributed by atoms with Crippen molar-refractivity contribution in [3.05, 3.63) is 29.6 Å². The van der Waals surface area contributed by atoms with Crippen LogP contribution in [0.4, 0.5) is 10.1 Å². The molecule has 0 saturated heterocycles. The van der Waals surface area contributed by atoms with Crippen LogP contribution in [0, 0.1) is 12.7 Å². The summed E-state index contributed by atoms with van der Waals surface area (Å²) >= 11 is 1.72. The van der Waals surface area contributed by atoms with Crippen LogP contribution in [-0.2, 0) is 0 Å². The highest BCUT2D eigenvalue weighted by atomic mass is 32.2. The minimum absolute atomic E-state index is 0.201. The number of nitrogens with zero attached hydrogens (tertiary/aromatic N) is 1. The van der Waals surface area contributed by atoms with Gasteiger partial charge in [0.05, 0.1) is 6.54 Å². The van der Waals surface area contributed by atoms with Gasteiger partial charge in [0.2, 0.25) is 0 Å². The van der Waals surface area contributed by atoms with Crippen LogP contribution in [0.3, 0.4) is 0 Å². The van der Waals surface area contributed by atoms with E-state index in [1.165, 1.54) is 12.1 Å². The second kappa shape index (κ2) is 4.23. The Kier molecular flexibility index (Phi) is 2.95. The number of anilines is 1. The number of aryl methyl sites for hydroxylation is 1. The van der Waals surface area contributed by atoms with Gasteiger partial charge in [-0.05, 0) is 30.7 Å². The van der Waals surface area contributed by atoms with Gasteiger partial charge in [0.25, 0.3) is 0 Å². The fraction of sp³-hybridized carbons (Fsp3) is 0.364. The number of amidine groups is 1. The number of rotatable bonds is 1. The Balaban J connectivity index is 2.11. The Morgan fingerprint density at radius 1 is 1.53 bits per heavy atom. The molecule has 0 radical (unpaired) electrons. The molecule has 0 spiro atoms. The highest BCUT2D eigenvalue weighted by molar-refractivity contribution is 8.15. The van der Waals surface area contributed by atoms with Crippen LogP contribution in [0.5, 0.6) is 0 Å². The van der Waals surface area contributed by atoms with Crippen molar-refractivity contribution in [3.63, 3.8) is 0 Å². The first-order valence-electron chi connectivity index (χ1n) is 4.89. The number of benzene rings is 1. The van der Waals surface area contributed by atoms with Crippen molar-refractivity contribution >= 4 is 22.6 Å². The van der Waals surface area contributed by atoms with Crippen LogP contribution in [-0.4, -0.2) is 17.0 Å². The summed E-state index contributed by atoms with van der Waals surface area (Å²) in [5.74, 6) is -0.201. The van der Waals surface area contributed by atoms with E-state index in [2.05, 4.69) is 17.2 Å². The molecule has 0 amide bonds. The van der Waals surface area contributed by atoms with Gasteiger partial charge >= 0.3 is 0 Å².